The molecule has 2 heterocycles. The lowest BCUT2D eigenvalue weighted by Crippen LogP contribution is -2.41. The van der Waals surface area contributed by atoms with Crippen LogP contribution in [0.4, 0.5) is 5.69 Å². The molecule has 6 nitrogen and oxygen atoms in total. The Morgan fingerprint density at radius 1 is 0.970 bits per heavy atom. The van der Waals surface area contributed by atoms with E-state index in [0.29, 0.717) is 41.7 Å². The fraction of sp³-hybridized carbons (Fsp3) is 0.280. The molecule has 0 spiro atoms. The van der Waals surface area contributed by atoms with Gasteiger partial charge in [-0.3, -0.25) is 9.59 Å². The monoisotopic (exact) mass is 480 g/mol. The van der Waals surface area contributed by atoms with Crippen LogP contribution in [-0.4, -0.2) is 39.8 Å². The minimum absolute atomic E-state index is 0.00774. The molecule has 1 aliphatic heterocycles. The van der Waals surface area contributed by atoms with Crippen molar-refractivity contribution < 1.29 is 9.59 Å². The normalized spacial score (nSPS) is 14.2. The molecule has 3 aromatic rings. The van der Waals surface area contributed by atoms with Crippen molar-refractivity contribution in [2.45, 2.75) is 36.7 Å². The fourth-order valence-corrected chi connectivity index (χ4v) is 4.80. The molecule has 1 aromatic heterocycles. The van der Waals surface area contributed by atoms with Gasteiger partial charge in [0.2, 0.25) is 5.91 Å². The maximum absolute atomic E-state index is 12.7. The molecule has 0 unspecified atom stereocenters. The summed E-state index contributed by atoms with van der Waals surface area (Å²) in [4.78, 5) is 37.1. The number of likely N-dealkylation sites (tertiary alicyclic amines) is 1. The topological polar surface area (TPSA) is 75.2 Å². The first-order valence-electron chi connectivity index (χ1n) is 10.8. The molecule has 1 N–H and O–H groups in total. The first kappa shape index (κ1) is 23.3. The van der Waals surface area contributed by atoms with Crippen molar-refractivity contribution in [3.63, 3.8) is 0 Å². The summed E-state index contributed by atoms with van der Waals surface area (Å²) in [5.74, 6) is -0.143. The van der Waals surface area contributed by atoms with Crippen LogP contribution in [0.15, 0.2) is 64.6 Å². The summed E-state index contributed by atoms with van der Waals surface area (Å²) in [5, 5.41) is 4.32. The molecule has 2 amide bonds. The first-order chi connectivity index (χ1) is 15.9. The first-order valence-corrected chi connectivity index (χ1v) is 12.0. The quantitative estimate of drug-likeness (QED) is 0.495. The van der Waals surface area contributed by atoms with E-state index in [1.165, 1.54) is 11.8 Å². The zero-order valence-corrected chi connectivity index (χ0v) is 20.1. The number of carbonyl (C=O) groups excluding carboxylic acids is 2. The van der Waals surface area contributed by atoms with Gasteiger partial charge in [-0.2, -0.15) is 0 Å². The highest BCUT2D eigenvalue weighted by Gasteiger charge is 2.28. The Morgan fingerprint density at radius 3 is 2.18 bits per heavy atom. The van der Waals surface area contributed by atoms with Gasteiger partial charge in [0, 0.05) is 51.6 Å². The van der Waals surface area contributed by atoms with E-state index in [0.717, 1.165) is 22.0 Å². The predicted octanol–water partition coefficient (Wildman–Crippen LogP) is 5.39. The molecular formula is C25H25ClN4O2S. The lowest BCUT2D eigenvalue weighted by molar-refractivity contribution is -0.121. The average molecular weight is 481 g/mol. The molecule has 0 saturated carbocycles. The van der Waals surface area contributed by atoms with Gasteiger partial charge in [-0.05, 0) is 93.0 Å². The number of amides is 2. The lowest BCUT2D eigenvalue weighted by Gasteiger charge is -2.31. The van der Waals surface area contributed by atoms with Crippen LogP contribution in [0.3, 0.4) is 0 Å². The Bertz CT molecular complexity index is 1120. The van der Waals surface area contributed by atoms with E-state index in [2.05, 4.69) is 15.3 Å². The molecule has 170 valence electrons. The van der Waals surface area contributed by atoms with Crippen molar-refractivity contribution in [1.82, 2.24) is 14.9 Å². The van der Waals surface area contributed by atoms with Crippen LogP contribution < -0.4 is 5.32 Å². The van der Waals surface area contributed by atoms with Gasteiger partial charge in [-0.1, -0.05) is 11.6 Å². The van der Waals surface area contributed by atoms with Crippen molar-refractivity contribution in [3.05, 3.63) is 76.6 Å². The molecule has 0 aliphatic carbocycles. The highest BCUT2D eigenvalue weighted by atomic mass is 35.5. The summed E-state index contributed by atoms with van der Waals surface area (Å²) in [6.45, 7) is 5.03. The molecule has 8 heteroatoms. The molecule has 1 aliphatic rings. The zero-order chi connectivity index (χ0) is 23.4. The summed E-state index contributed by atoms with van der Waals surface area (Å²) in [6.07, 6.45) is 1.28. The Kier molecular flexibility index (Phi) is 7.30. The molecule has 0 radical (unpaired) electrons. The number of hydrogen-bond donors (Lipinski definition) is 1. The number of aryl methyl sites for hydroxylation is 2. The number of nitrogens with zero attached hydrogens (tertiary/aromatic N) is 3. The zero-order valence-electron chi connectivity index (χ0n) is 18.5. The molecular weight excluding hydrogens is 456 g/mol. The number of anilines is 1. The van der Waals surface area contributed by atoms with Crippen LogP contribution in [0.5, 0.6) is 0 Å². The number of benzene rings is 2. The minimum Gasteiger partial charge on any atom is -0.339 e. The minimum atomic E-state index is -0.114. The third-order valence-corrected chi connectivity index (χ3v) is 6.66. The maximum Gasteiger partial charge on any atom is 0.253 e. The fourth-order valence-electron chi connectivity index (χ4n) is 3.82. The summed E-state index contributed by atoms with van der Waals surface area (Å²) in [6, 6.07) is 16.5. The molecule has 33 heavy (non-hydrogen) atoms. The summed E-state index contributed by atoms with van der Waals surface area (Å²) < 4.78 is 0. The molecule has 2 aromatic carbocycles. The SMILES string of the molecule is Cc1cc(C)nc(Sc2ccc(NC(=O)C3CCN(C(=O)c4ccc(Cl)cc4)CC3)cc2)n1. The summed E-state index contributed by atoms with van der Waals surface area (Å²) in [7, 11) is 0. The molecule has 0 atom stereocenters. The van der Waals surface area contributed by atoms with Crippen molar-refractivity contribution in [2.75, 3.05) is 18.4 Å². The second-order valence-corrected chi connectivity index (χ2v) is 9.60. The van der Waals surface area contributed by atoms with Crippen LogP contribution in [0.2, 0.25) is 5.02 Å². The molecule has 1 fully saturated rings. The van der Waals surface area contributed by atoms with Crippen LogP contribution >= 0.6 is 23.4 Å². The van der Waals surface area contributed by atoms with Gasteiger partial charge in [0.25, 0.3) is 5.91 Å². The molecule has 4 rings (SSSR count). The Balaban J connectivity index is 1.29. The van der Waals surface area contributed by atoms with Crippen LogP contribution in [0, 0.1) is 19.8 Å². The average Bonchev–Trinajstić information content (AvgIpc) is 2.80. The van der Waals surface area contributed by atoms with E-state index in [1.807, 2.05) is 44.2 Å². The lowest BCUT2D eigenvalue weighted by atomic mass is 9.95. The molecule has 0 bridgehead atoms. The third-order valence-electron chi connectivity index (χ3n) is 5.54. The maximum atomic E-state index is 12.7. The summed E-state index contributed by atoms with van der Waals surface area (Å²) in [5.41, 5.74) is 3.25. The van der Waals surface area contributed by atoms with Gasteiger partial charge in [0.05, 0.1) is 0 Å². The van der Waals surface area contributed by atoms with Gasteiger partial charge < -0.3 is 10.2 Å². The smallest absolute Gasteiger partial charge is 0.253 e. The van der Waals surface area contributed by atoms with Crippen molar-refractivity contribution in [2.24, 2.45) is 5.92 Å². The van der Waals surface area contributed by atoms with Gasteiger partial charge in [0.15, 0.2) is 5.16 Å². The van der Waals surface area contributed by atoms with Crippen LogP contribution in [0.25, 0.3) is 0 Å². The Hall–Kier alpha value is -2.90. The van der Waals surface area contributed by atoms with E-state index >= 15 is 0 Å². The number of hydrogen-bond acceptors (Lipinski definition) is 5. The van der Waals surface area contributed by atoms with Crippen LogP contribution in [0.1, 0.15) is 34.6 Å². The van der Waals surface area contributed by atoms with Gasteiger partial charge in [-0.15, -0.1) is 0 Å². The second kappa shape index (κ2) is 10.4. The molecule has 1 saturated heterocycles. The van der Waals surface area contributed by atoms with E-state index in [4.69, 9.17) is 11.6 Å². The summed E-state index contributed by atoms with van der Waals surface area (Å²) >= 11 is 7.40. The second-order valence-electron chi connectivity index (χ2n) is 8.12. The number of rotatable bonds is 5. The number of halogens is 1. The standard InChI is InChI=1S/C25H25ClN4O2S/c1-16-15-17(2)28-25(27-16)33-22-9-7-21(8-10-22)29-23(31)18-11-13-30(14-12-18)24(32)19-3-5-20(26)6-4-19/h3-10,15,18H,11-14H2,1-2H3,(H,29,31). The van der Waals surface area contributed by atoms with E-state index in [-0.39, 0.29) is 17.7 Å². The highest BCUT2D eigenvalue weighted by Crippen LogP contribution is 2.27. The Morgan fingerprint density at radius 2 is 1.58 bits per heavy atom. The van der Waals surface area contributed by atoms with Gasteiger partial charge in [0.1, 0.15) is 0 Å². The number of piperidine rings is 1. The third kappa shape index (κ3) is 6.12. The largest absolute Gasteiger partial charge is 0.339 e. The van der Waals surface area contributed by atoms with E-state index < -0.39 is 0 Å². The van der Waals surface area contributed by atoms with E-state index in [9.17, 15) is 9.59 Å². The van der Waals surface area contributed by atoms with E-state index in [1.54, 1.807) is 29.2 Å². The van der Waals surface area contributed by atoms with Crippen molar-refractivity contribution in [1.29, 1.82) is 0 Å². The number of aromatic nitrogens is 2. The van der Waals surface area contributed by atoms with Crippen molar-refractivity contribution >= 4 is 40.9 Å². The highest BCUT2D eigenvalue weighted by molar-refractivity contribution is 7.99. The Labute approximate surface area is 202 Å². The van der Waals surface area contributed by atoms with Crippen LogP contribution in [-0.2, 0) is 4.79 Å². The van der Waals surface area contributed by atoms with Gasteiger partial charge >= 0.3 is 0 Å². The van der Waals surface area contributed by atoms with Gasteiger partial charge in [-0.25, -0.2) is 9.97 Å². The predicted molar refractivity (Wildman–Crippen MR) is 131 cm³/mol. The number of nitrogens with one attached hydrogen (secondary N) is 1. The van der Waals surface area contributed by atoms with Crippen molar-refractivity contribution in [3.8, 4) is 0 Å². The number of carbonyl (C=O) groups is 2.